The molecule has 21 aliphatic rings. The summed E-state index contributed by atoms with van der Waals surface area (Å²) in [6, 6.07) is 0. The van der Waals surface area contributed by atoms with E-state index >= 15 is 0 Å². The van der Waals surface area contributed by atoms with Gasteiger partial charge in [-0.15, -0.1) is 0 Å². The number of hydrogen-bond acceptors (Lipinski definition) is 0. The van der Waals surface area contributed by atoms with E-state index in [0.29, 0.717) is 32.5 Å². The molecule has 0 nitrogen and oxygen atoms in total. The monoisotopic (exact) mass is 1260 g/mol. The Hall–Kier alpha value is 0. The molecule has 91 heavy (non-hydrogen) atoms. The molecule has 1 unspecified atom stereocenters. The molecular weight excluding hydrogens is 1090 g/mol. The lowest BCUT2D eigenvalue weighted by Gasteiger charge is -2.56. The minimum Gasteiger partial charge on any atom is -0.0651 e. The van der Waals surface area contributed by atoms with Crippen molar-refractivity contribution in [2.45, 2.75) is 421 Å². The van der Waals surface area contributed by atoms with Crippen LogP contribution in [0.1, 0.15) is 421 Å². The van der Waals surface area contributed by atoms with Crippen molar-refractivity contribution < 1.29 is 0 Å². The zero-order valence-corrected chi connectivity index (χ0v) is 66.0. The molecule has 0 N–H and O–H groups in total. The molecular formula is C91H166. The van der Waals surface area contributed by atoms with Crippen LogP contribution < -0.4 is 0 Å². The topological polar surface area (TPSA) is 0 Å². The van der Waals surface area contributed by atoms with Gasteiger partial charge in [-0.2, -0.15) is 0 Å². The molecule has 2 spiro atoms. The van der Waals surface area contributed by atoms with Crippen molar-refractivity contribution in [3.8, 4) is 0 Å². The van der Waals surface area contributed by atoms with Crippen molar-refractivity contribution in [2.24, 2.45) is 155 Å². The Morgan fingerprint density at radius 2 is 0.758 bits per heavy atom. The SMILES string of the molecule is CC1C2CCC(CC2)[C@H]1C.CC1CCC2(CC1)CC(C)(C)CC(C)(C)C2.CC1CCC2(CCCCC2)CC1.CCC12CC3CC(CC(C3)C1)C2.CCC1CC(C)(C)C(C)(C)C1.C[C@@H]1C2CCC(CC2)C1(C)C.C[C@H]1CC2CCC1(C)CC2.C[C@H]1CC2CCC1CC2. The number of fused-ring (bicyclic) bond motifs is 12. The highest BCUT2D eigenvalue weighted by Gasteiger charge is 2.52. The van der Waals surface area contributed by atoms with Gasteiger partial charge in [-0.05, 0) is 367 Å². The molecule has 0 heterocycles. The predicted octanol–water partition coefficient (Wildman–Crippen LogP) is 29.6. The van der Waals surface area contributed by atoms with E-state index in [2.05, 4.69) is 138 Å². The van der Waals surface area contributed by atoms with E-state index < -0.39 is 0 Å². The van der Waals surface area contributed by atoms with Gasteiger partial charge in [-0.1, -0.05) is 209 Å². The molecule has 0 saturated heterocycles. The van der Waals surface area contributed by atoms with Gasteiger partial charge in [0.1, 0.15) is 0 Å². The first-order chi connectivity index (χ1) is 42.7. The molecule has 0 aromatic rings. The molecule has 5 atom stereocenters. The van der Waals surface area contributed by atoms with E-state index in [0.717, 1.165) is 123 Å². The van der Waals surface area contributed by atoms with Crippen LogP contribution in [-0.2, 0) is 0 Å². The maximum absolute atomic E-state index is 2.49. The van der Waals surface area contributed by atoms with E-state index in [1.807, 2.05) is 0 Å². The molecule has 0 aliphatic heterocycles. The van der Waals surface area contributed by atoms with Crippen LogP contribution in [0.15, 0.2) is 0 Å². The maximum Gasteiger partial charge on any atom is -0.0287 e. The average molecular weight is 1260 g/mol. The second-order valence-corrected chi connectivity index (χ2v) is 43.3. The van der Waals surface area contributed by atoms with E-state index in [-0.39, 0.29) is 0 Å². The van der Waals surface area contributed by atoms with E-state index in [1.54, 1.807) is 96.3 Å². The second kappa shape index (κ2) is 30.9. The Bertz CT molecular complexity index is 2020. The van der Waals surface area contributed by atoms with Crippen LogP contribution in [0.4, 0.5) is 0 Å². The molecule has 0 radical (unpaired) electrons. The number of rotatable bonds is 2. The smallest absolute Gasteiger partial charge is 0.0287 e. The third-order valence-corrected chi connectivity index (χ3v) is 34.5. The molecule has 21 saturated carbocycles. The van der Waals surface area contributed by atoms with Gasteiger partial charge in [0.25, 0.3) is 0 Å². The van der Waals surface area contributed by atoms with Crippen LogP contribution >= 0.6 is 0 Å². The summed E-state index contributed by atoms with van der Waals surface area (Å²) in [4.78, 5) is 0. The molecule has 21 aliphatic carbocycles. The van der Waals surface area contributed by atoms with Gasteiger partial charge in [0.2, 0.25) is 0 Å². The first kappa shape index (κ1) is 75.2. The fraction of sp³-hybridized carbons (Fsp3) is 1.00. The number of hydrogen-bond donors (Lipinski definition) is 0. The van der Waals surface area contributed by atoms with E-state index in [1.165, 1.54) is 186 Å². The van der Waals surface area contributed by atoms with Gasteiger partial charge in [0.15, 0.2) is 0 Å². The van der Waals surface area contributed by atoms with Crippen molar-refractivity contribution in [2.75, 3.05) is 0 Å². The zero-order chi connectivity index (χ0) is 66.0. The molecule has 0 heteroatoms. The first-order valence-corrected chi connectivity index (χ1v) is 42.7. The molecule has 21 fully saturated rings. The normalized spacial score (nSPS) is 43.8. The predicted molar refractivity (Wildman–Crippen MR) is 401 cm³/mol. The van der Waals surface area contributed by atoms with Gasteiger partial charge < -0.3 is 0 Å². The Kier molecular flexibility index (Phi) is 25.5. The zero-order valence-electron chi connectivity index (χ0n) is 66.0. The van der Waals surface area contributed by atoms with Crippen molar-refractivity contribution in [3.05, 3.63) is 0 Å². The summed E-state index contributed by atoms with van der Waals surface area (Å²) in [5.74, 6) is 19.2. The Labute approximate surface area is 573 Å². The summed E-state index contributed by atoms with van der Waals surface area (Å²) < 4.78 is 0. The van der Waals surface area contributed by atoms with E-state index in [4.69, 9.17) is 0 Å². The lowest BCUT2D eigenvalue weighted by molar-refractivity contribution is -0.0545. The van der Waals surface area contributed by atoms with Crippen LogP contribution in [0.2, 0.25) is 0 Å². The van der Waals surface area contributed by atoms with Gasteiger partial charge in [0.05, 0.1) is 0 Å². The highest BCUT2D eigenvalue weighted by Crippen LogP contribution is 2.63. The summed E-state index contributed by atoms with van der Waals surface area (Å²) in [6.45, 7) is 49.0. The van der Waals surface area contributed by atoms with Crippen LogP contribution in [0, 0.1) is 155 Å². The van der Waals surface area contributed by atoms with Gasteiger partial charge in [-0.3, -0.25) is 0 Å². The Morgan fingerprint density at radius 1 is 0.341 bits per heavy atom. The van der Waals surface area contributed by atoms with Crippen molar-refractivity contribution in [3.63, 3.8) is 0 Å². The van der Waals surface area contributed by atoms with Gasteiger partial charge in [0, 0.05) is 0 Å². The standard InChI is InChI=1S/C16H30.C12H20.C12H22.C11H20.C11H22.2C10H18.C9H16/c1-13-6-8-16(9-7-13)11-14(2,3)10-15(4,5)12-16;1-2-12-6-9-3-10(7-12)5-11(4-9)8-12;1-11-5-9-12(10-6-11)7-3-2-4-8-12;1-8-9-4-6-10(7-5-9)11(8,2)3;1-6-9-7-10(2,3)11(4,5)8-9;1-8-7-9-3-5-10(8,2)6-4-9;1-7-8(2)10-5-3-9(7)4-6-10;1-7-6-8-2-4-9(7)5-3-8/h13H,6-12H2,1-5H3;9-11H,2-8H2,1H3;11H,2-10H2,1H3;8-10H,4-7H2,1-3H3;9H,6-8H2,1-5H3;8-9H,3-7H2,1-2H3;7-10H,3-6H2,1-2H3;7-9H,2-6H2,1H3/t;;;8-,9?,10?;;8-,9?,10?;7-,8?,9?,10?;7-,8?,9?/m...1.000/s1. The Balaban J connectivity index is 0.000000124. The molecule has 0 aromatic heterocycles. The minimum absolute atomic E-state index is 0.563. The van der Waals surface area contributed by atoms with Gasteiger partial charge >= 0.3 is 0 Å². The minimum atomic E-state index is 0.563. The summed E-state index contributed by atoms with van der Waals surface area (Å²) in [6.07, 6.45) is 67.0. The van der Waals surface area contributed by atoms with Crippen LogP contribution in [0.25, 0.3) is 0 Å². The molecule has 12 bridgehead atoms. The van der Waals surface area contributed by atoms with Crippen molar-refractivity contribution >= 4 is 0 Å². The average Bonchev–Trinajstić information content (AvgIpc) is 1.60. The third-order valence-electron chi connectivity index (χ3n) is 34.5. The van der Waals surface area contributed by atoms with Crippen molar-refractivity contribution in [1.82, 2.24) is 0 Å². The molecule has 0 amide bonds. The van der Waals surface area contributed by atoms with Crippen LogP contribution in [0.5, 0.6) is 0 Å². The van der Waals surface area contributed by atoms with Crippen LogP contribution in [0.3, 0.4) is 0 Å². The Morgan fingerprint density at radius 3 is 1.07 bits per heavy atom. The third kappa shape index (κ3) is 19.1. The lowest BCUT2D eigenvalue weighted by Crippen LogP contribution is -2.45. The van der Waals surface area contributed by atoms with Crippen LogP contribution in [-0.4, -0.2) is 0 Å². The summed E-state index contributed by atoms with van der Waals surface area (Å²) >= 11 is 0. The fourth-order valence-electron chi connectivity index (χ4n) is 27.5. The largest absolute Gasteiger partial charge is 0.0651 e. The summed E-state index contributed by atoms with van der Waals surface area (Å²) in [5, 5.41) is 0. The van der Waals surface area contributed by atoms with Crippen molar-refractivity contribution in [1.29, 1.82) is 0 Å². The lowest BCUT2D eigenvalue weighted by atomic mass is 9.49. The highest BCUT2D eigenvalue weighted by molar-refractivity contribution is 5.03. The summed E-state index contributed by atoms with van der Waals surface area (Å²) in [7, 11) is 0. The fourth-order valence-corrected chi connectivity index (χ4v) is 27.5. The van der Waals surface area contributed by atoms with E-state index in [9.17, 15) is 0 Å². The summed E-state index contributed by atoms with van der Waals surface area (Å²) in [5.41, 5.74) is 6.05. The second-order valence-electron chi connectivity index (χ2n) is 43.3. The highest BCUT2D eigenvalue weighted by atomic mass is 14.6. The van der Waals surface area contributed by atoms with Gasteiger partial charge in [-0.25, -0.2) is 0 Å². The maximum atomic E-state index is 2.49. The molecule has 0 aromatic carbocycles. The quantitative estimate of drug-likeness (QED) is 0.259. The molecule has 21 rings (SSSR count). The molecule has 530 valence electrons. The first-order valence-electron chi connectivity index (χ1n) is 42.7.